The van der Waals surface area contributed by atoms with Crippen LogP contribution in [0.3, 0.4) is 0 Å². The first kappa shape index (κ1) is 16.6. The van der Waals surface area contributed by atoms with Gasteiger partial charge in [0.15, 0.2) is 0 Å². The van der Waals surface area contributed by atoms with Crippen molar-refractivity contribution in [3.63, 3.8) is 0 Å². The van der Waals surface area contributed by atoms with Crippen molar-refractivity contribution in [2.24, 2.45) is 0 Å². The molecule has 126 valence electrons. The van der Waals surface area contributed by atoms with Crippen molar-refractivity contribution in [3.8, 4) is 16.2 Å². The number of amides is 1. The molecule has 0 aliphatic carbocycles. The van der Waals surface area contributed by atoms with Crippen LogP contribution in [0.25, 0.3) is 10.4 Å². The molecule has 1 N–H and O–H groups in total. The minimum absolute atomic E-state index is 0.0242. The van der Waals surface area contributed by atoms with E-state index in [0.29, 0.717) is 25.3 Å². The third-order valence-corrected chi connectivity index (χ3v) is 5.68. The van der Waals surface area contributed by atoms with Crippen LogP contribution >= 0.6 is 11.3 Å². The number of hydrogen-bond donors (Lipinski definition) is 1. The van der Waals surface area contributed by atoms with Crippen molar-refractivity contribution in [2.75, 3.05) is 13.7 Å². The van der Waals surface area contributed by atoms with E-state index in [4.69, 9.17) is 10.1 Å². The van der Waals surface area contributed by atoms with Gasteiger partial charge in [-0.1, -0.05) is 19.1 Å². The predicted octanol–water partition coefficient (Wildman–Crippen LogP) is 3.70. The largest absolute Gasteiger partial charge is 0.494 e. The molecule has 0 saturated carbocycles. The molecule has 2 heterocycles. The smallest absolute Gasteiger partial charge is 0.228 e. The summed E-state index contributed by atoms with van der Waals surface area (Å²) in [5.74, 6) is 1.17. The predicted molar refractivity (Wildman–Crippen MR) is 95.8 cm³/mol. The summed E-state index contributed by atoms with van der Waals surface area (Å²) in [5, 5.41) is 8.95. The molecule has 1 aromatic carbocycles. The molecule has 1 saturated heterocycles. The second-order valence-corrected chi connectivity index (χ2v) is 7.33. The summed E-state index contributed by atoms with van der Waals surface area (Å²) in [5.41, 5.74) is 0.656. The molecular weight excluding hydrogens is 322 g/mol. The van der Waals surface area contributed by atoms with Gasteiger partial charge in [0.1, 0.15) is 11.6 Å². The van der Waals surface area contributed by atoms with Crippen LogP contribution in [0.5, 0.6) is 5.75 Å². The molecule has 0 unspecified atom stereocenters. The maximum absolute atomic E-state index is 12.1. The molecule has 1 fully saturated rings. The number of carbonyl (C=O) groups is 1. The molecule has 2 aromatic rings. The van der Waals surface area contributed by atoms with Gasteiger partial charge in [0, 0.05) is 31.5 Å². The number of nitrogens with one attached hydrogen (secondary N) is 1. The lowest BCUT2D eigenvalue weighted by Gasteiger charge is -2.36. The lowest BCUT2D eigenvalue weighted by atomic mass is 9.80. The van der Waals surface area contributed by atoms with E-state index in [0.717, 1.165) is 21.2 Å². The zero-order valence-corrected chi connectivity index (χ0v) is 14.9. The SMILES string of the molecule is CCOc1cccc(-c2cnc([C@@]3(C)CC(=N)N(C)C(=O)C3)s2)c1. The second kappa shape index (κ2) is 6.36. The van der Waals surface area contributed by atoms with E-state index >= 15 is 0 Å². The number of benzene rings is 1. The Bertz CT molecular complexity index is 766. The van der Waals surface area contributed by atoms with E-state index in [-0.39, 0.29) is 5.91 Å². The van der Waals surface area contributed by atoms with Gasteiger partial charge < -0.3 is 9.64 Å². The Morgan fingerprint density at radius 3 is 2.92 bits per heavy atom. The van der Waals surface area contributed by atoms with E-state index in [1.165, 1.54) is 4.90 Å². The third-order valence-electron chi connectivity index (χ3n) is 4.33. The van der Waals surface area contributed by atoms with Crippen molar-refractivity contribution in [3.05, 3.63) is 35.5 Å². The van der Waals surface area contributed by atoms with Crippen LogP contribution in [-0.2, 0) is 10.2 Å². The average molecular weight is 343 g/mol. The minimum Gasteiger partial charge on any atom is -0.494 e. The van der Waals surface area contributed by atoms with Gasteiger partial charge in [-0.05, 0) is 24.6 Å². The number of likely N-dealkylation sites (tertiary alicyclic amines) is 1. The highest BCUT2D eigenvalue weighted by molar-refractivity contribution is 7.15. The molecule has 1 aromatic heterocycles. The van der Waals surface area contributed by atoms with Crippen LogP contribution in [0.1, 0.15) is 31.7 Å². The molecule has 1 aliphatic heterocycles. The lowest BCUT2D eigenvalue weighted by molar-refractivity contribution is -0.128. The van der Waals surface area contributed by atoms with Crippen LogP contribution in [0.4, 0.5) is 0 Å². The highest BCUT2D eigenvalue weighted by Crippen LogP contribution is 2.40. The van der Waals surface area contributed by atoms with Gasteiger partial charge in [-0.2, -0.15) is 0 Å². The number of amidine groups is 1. The van der Waals surface area contributed by atoms with Gasteiger partial charge in [0.05, 0.1) is 16.5 Å². The van der Waals surface area contributed by atoms with Gasteiger partial charge >= 0.3 is 0 Å². The molecule has 5 nitrogen and oxygen atoms in total. The first-order valence-electron chi connectivity index (χ1n) is 7.96. The van der Waals surface area contributed by atoms with E-state index in [2.05, 4.69) is 4.98 Å². The van der Waals surface area contributed by atoms with Crippen LogP contribution in [0, 0.1) is 5.41 Å². The maximum Gasteiger partial charge on any atom is 0.228 e. The van der Waals surface area contributed by atoms with Gasteiger partial charge in [0.25, 0.3) is 0 Å². The highest BCUT2D eigenvalue weighted by atomic mass is 32.1. The number of rotatable bonds is 4. The van der Waals surface area contributed by atoms with E-state index in [1.54, 1.807) is 18.4 Å². The van der Waals surface area contributed by atoms with E-state index < -0.39 is 5.41 Å². The molecule has 1 amide bonds. The zero-order chi connectivity index (χ0) is 17.3. The van der Waals surface area contributed by atoms with Crippen molar-refractivity contribution >= 4 is 23.1 Å². The molecule has 6 heteroatoms. The van der Waals surface area contributed by atoms with Crippen molar-refractivity contribution in [1.82, 2.24) is 9.88 Å². The molecule has 3 rings (SSSR count). The van der Waals surface area contributed by atoms with Gasteiger partial charge in [-0.15, -0.1) is 11.3 Å². The highest BCUT2D eigenvalue weighted by Gasteiger charge is 2.40. The van der Waals surface area contributed by atoms with Crippen LogP contribution < -0.4 is 4.74 Å². The summed E-state index contributed by atoms with van der Waals surface area (Å²) in [6, 6.07) is 7.94. The summed E-state index contributed by atoms with van der Waals surface area (Å²) in [4.78, 5) is 19.2. The van der Waals surface area contributed by atoms with E-state index in [9.17, 15) is 4.79 Å². The monoisotopic (exact) mass is 343 g/mol. The van der Waals surface area contributed by atoms with Crippen molar-refractivity contribution in [2.45, 2.75) is 32.1 Å². The van der Waals surface area contributed by atoms with Crippen LogP contribution in [0.2, 0.25) is 0 Å². The second-order valence-electron chi connectivity index (χ2n) is 6.30. The summed E-state index contributed by atoms with van der Waals surface area (Å²) >= 11 is 1.59. The molecule has 0 radical (unpaired) electrons. The standard InChI is InChI=1S/C18H21N3O2S/c1-4-23-13-7-5-6-12(8-13)14-11-20-17(24-14)18(2)9-15(19)21(3)16(22)10-18/h5-8,11,19H,4,9-10H2,1-3H3/t18-/m0/s1. The van der Waals surface area contributed by atoms with Crippen LogP contribution in [-0.4, -0.2) is 35.3 Å². The molecular formula is C18H21N3O2S. The summed E-state index contributed by atoms with van der Waals surface area (Å²) in [7, 11) is 1.66. The third kappa shape index (κ3) is 3.06. The van der Waals surface area contributed by atoms with E-state index in [1.807, 2.05) is 44.3 Å². The van der Waals surface area contributed by atoms with Gasteiger partial charge in [0.2, 0.25) is 5.91 Å². The number of nitrogens with zero attached hydrogens (tertiary/aromatic N) is 2. The van der Waals surface area contributed by atoms with Crippen LogP contribution in [0.15, 0.2) is 30.5 Å². The first-order chi connectivity index (χ1) is 11.4. The summed E-state index contributed by atoms with van der Waals surface area (Å²) in [6.07, 6.45) is 2.77. The maximum atomic E-state index is 12.1. The number of carbonyl (C=O) groups excluding carboxylic acids is 1. The zero-order valence-electron chi connectivity index (χ0n) is 14.1. The Labute approximate surface area is 145 Å². The fourth-order valence-corrected chi connectivity index (χ4v) is 3.95. The lowest BCUT2D eigenvalue weighted by Crippen LogP contribution is -2.46. The molecule has 0 spiro atoms. The number of piperidine rings is 1. The minimum atomic E-state index is -0.402. The Morgan fingerprint density at radius 2 is 2.21 bits per heavy atom. The number of hydrogen-bond acceptors (Lipinski definition) is 5. The van der Waals surface area contributed by atoms with Gasteiger partial charge in [-0.3, -0.25) is 10.2 Å². The molecule has 1 aliphatic rings. The topological polar surface area (TPSA) is 66.3 Å². The van der Waals surface area contributed by atoms with Crippen molar-refractivity contribution < 1.29 is 9.53 Å². The Kier molecular flexibility index (Phi) is 4.41. The number of thiazole rings is 1. The van der Waals surface area contributed by atoms with Gasteiger partial charge in [-0.25, -0.2) is 4.98 Å². The molecule has 24 heavy (non-hydrogen) atoms. The average Bonchev–Trinajstić information content (AvgIpc) is 3.04. The number of aromatic nitrogens is 1. The fourth-order valence-electron chi connectivity index (χ4n) is 2.90. The number of ether oxygens (including phenoxy) is 1. The molecule has 1 atom stereocenters. The first-order valence-corrected chi connectivity index (χ1v) is 8.78. The molecule has 0 bridgehead atoms. The Balaban J connectivity index is 1.89. The fraction of sp³-hybridized carbons (Fsp3) is 0.389. The quantitative estimate of drug-likeness (QED) is 0.920. The van der Waals surface area contributed by atoms with Crippen molar-refractivity contribution in [1.29, 1.82) is 5.41 Å². The Hall–Kier alpha value is -2.21. The normalized spacial score (nSPS) is 21.2. The summed E-state index contributed by atoms with van der Waals surface area (Å²) < 4.78 is 5.56. The Morgan fingerprint density at radius 1 is 1.42 bits per heavy atom. The summed E-state index contributed by atoms with van der Waals surface area (Å²) in [6.45, 7) is 4.61.